The molecule has 1 heterocycles. The maximum atomic E-state index is 12.1. The van der Waals surface area contributed by atoms with Gasteiger partial charge in [0.05, 0.1) is 18.1 Å². The molecule has 134 valence electrons. The zero-order chi connectivity index (χ0) is 19.1. The highest BCUT2D eigenvalue weighted by molar-refractivity contribution is 5.95. The Labute approximate surface area is 156 Å². The summed E-state index contributed by atoms with van der Waals surface area (Å²) in [4.78, 5) is 24.0. The summed E-state index contributed by atoms with van der Waals surface area (Å²) in [5.41, 5.74) is 2.74. The number of hydrogen-bond acceptors (Lipinski definition) is 4. The third-order valence-corrected chi connectivity index (χ3v) is 3.86. The average Bonchev–Trinajstić information content (AvgIpc) is 3.23. The van der Waals surface area contributed by atoms with Crippen LogP contribution in [0.15, 0.2) is 73.1 Å². The molecule has 0 aliphatic heterocycles. The van der Waals surface area contributed by atoms with Crippen LogP contribution in [0.2, 0.25) is 0 Å². The molecule has 6 heteroatoms. The summed E-state index contributed by atoms with van der Waals surface area (Å²) in [6.07, 6.45) is 4.13. The molecule has 27 heavy (non-hydrogen) atoms. The fraction of sp³-hybridized carbons (Fsp3) is 0.0952. The maximum absolute atomic E-state index is 12.1. The number of rotatable bonds is 6. The van der Waals surface area contributed by atoms with Crippen molar-refractivity contribution in [1.82, 2.24) is 4.57 Å². The van der Waals surface area contributed by atoms with Gasteiger partial charge in [-0.15, -0.1) is 0 Å². The lowest BCUT2D eigenvalue weighted by molar-refractivity contribution is -0.119. The Hall–Kier alpha value is -3.85. The number of nitrogens with one attached hydrogen (secondary N) is 1. The van der Waals surface area contributed by atoms with E-state index in [1.54, 1.807) is 48.5 Å². The Bertz CT molecular complexity index is 953. The molecule has 1 aromatic heterocycles. The van der Waals surface area contributed by atoms with Crippen LogP contribution < -0.4 is 5.32 Å². The van der Waals surface area contributed by atoms with E-state index in [-0.39, 0.29) is 6.61 Å². The Morgan fingerprint density at radius 2 is 1.67 bits per heavy atom. The monoisotopic (exact) mass is 359 g/mol. The number of benzene rings is 2. The number of nitriles is 1. The van der Waals surface area contributed by atoms with Crippen molar-refractivity contribution in [3.63, 3.8) is 0 Å². The van der Waals surface area contributed by atoms with E-state index in [9.17, 15) is 9.59 Å². The minimum Gasteiger partial charge on any atom is -0.452 e. The minimum atomic E-state index is -0.562. The van der Waals surface area contributed by atoms with Crippen molar-refractivity contribution in [2.75, 3.05) is 11.9 Å². The number of hydrogen-bond donors (Lipinski definition) is 1. The molecule has 2 aromatic carbocycles. The van der Waals surface area contributed by atoms with Gasteiger partial charge in [-0.25, -0.2) is 4.79 Å². The molecule has 0 spiro atoms. The van der Waals surface area contributed by atoms with Gasteiger partial charge in [0.15, 0.2) is 6.61 Å². The predicted molar refractivity (Wildman–Crippen MR) is 100 cm³/mol. The fourth-order valence-corrected chi connectivity index (χ4v) is 2.49. The molecule has 6 nitrogen and oxygen atoms in total. The summed E-state index contributed by atoms with van der Waals surface area (Å²) in [6.45, 7) is -0.377. The van der Waals surface area contributed by atoms with Gasteiger partial charge in [-0.2, -0.15) is 5.26 Å². The first-order valence-corrected chi connectivity index (χ1v) is 8.32. The van der Waals surface area contributed by atoms with Crippen LogP contribution in [0.25, 0.3) is 5.69 Å². The van der Waals surface area contributed by atoms with Gasteiger partial charge in [-0.3, -0.25) is 4.79 Å². The van der Waals surface area contributed by atoms with E-state index in [4.69, 9.17) is 10.00 Å². The third-order valence-electron chi connectivity index (χ3n) is 3.86. The van der Waals surface area contributed by atoms with Crippen LogP contribution >= 0.6 is 0 Å². The zero-order valence-corrected chi connectivity index (χ0v) is 14.5. The smallest absolute Gasteiger partial charge is 0.338 e. The van der Waals surface area contributed by atoms with Crippen LogP contribution in [0.3, 0.4) is 0 Å². The molecule has 0 aliphatic rings. The summed E-state index contributed by atoms with van der Waals surface area (Å²) in [5, 5.41) is 11.3. The Kier molecular flexibility index (Phi) is 5.65. The van der Waals surface area contributed by atoms with E-state index < -0.39 is 11.9 Å². The number of carbonyl (C=O) groups excluding carboxylic acids is 2. The van der Waals surface area contributed by atoms with E-state index in [0.29, 0.717) is 17.7 Å². The van der Waals surface area contributed by atoms with Gasteiger partial charge < -0.3 is 14.6 Å². The van der Waals surface area contributed by atoms with Crippen LogP contribution in [0, 0.1) is 11.3 Å². The average molecular weight is 359 g/mol. The van der Waals surface area contributed by atoms with Crippen LogP contribution in [-0.2, 0) is 16.0 Å². The van der Waals surface area contributed by atoms with Crippen molar-refractivity contribution in [2.45, 2.75) is 6.42 Å². The van der Waals surface area contributed by atoms with Crippen molar-refractivity contribution < 1.29 is 14.3 Å². The molecule has 0 aliphatic carbocycles. The fourth-order valence-electron chi connectivity index (χ4n) is 2.49. The molecule has 0 fully saturated rings. The van der Waals surface area contributed by atoms with Gasteiger partial charge in [0, 0.05) is 23.8 Å². The summed E-state index contributed by atoms with van der Waals surface area (Å²) in [5.74, 6) is -0.992. The van der Waals surface area contributed by atoms with Gasteiger partial charge in [-0.1, -0.05) is 12.1 Å². The van der Waals surface area contributed by atoms with Gasteiger partial charge in [0.25, 0.3) is 5.91 Å². The second-order valence-electron chi connectivity index (χ2n) is 5.79. The number of nitrogens with zero attached hydrogens (tertiary/aromatic N) is 2. The molecule has 0 saturated carbocycles. The molecule has 3 aromatic rings. The molecule has 0 saturated heterocycles. The van der Waals surface area contributed by atoms with Crippen molar-refractivity contribution >= 4 is 17.6 Å². The highest BCUT2D eigenvalue weighted by Crippen LogP contribution is 2.12. The molecule has 3 rings (SSSR count). The van der Waals surface area contributed by atoms with Crippen LogP contribution in [0.5, 0.6) is 0 Å². The number of aromatic nitrogens is 1. The van der Waals surface area contributed by atoms with E-state index >= 15 is 0 Å². The molecule has 1 N–H and O–H groups in total. The normalized spacial score (nSPS) is 10.0. The lowest BCUT2D eigenvalue weighted by atomic mass is 10.1. The number of ether oxygens (including phenoxy) is 1. The number of esters is 1. The minimum absolute atomic E-state index is 0.314. The quantitative estimate of drug-likeness (QED) is 0.684. The molecule has 0 atom stereocenters. The molecule has 0 radical (unpaired) electrons. The topological polar surface area (TPSA) is 84.1 Å². The largest absolute Gasteiger partial charge is 0.452 e. The van der Waals surface area contributed by atoms with E-state index in [1.165, 1.54) is 0 Å². The number of carbonyl (C=O) groups is 2. The zero-order valence-electron chi connectivity index (χ0n) is 14.5. The Morgan fingerprint density at radius 3 is 2.30 bits per heavy atom. The first kappa shape index (κ1) is 18.0. The van der Waals surface area contributed by atoms with E-state index in [1.807, 2.05) is 29.1 Å². The van der Waals surface area contributed by atoms with Crippen molar-refractivity contribution in [3.8, 4) is 11.8 Å². The lowest BCUT2D eigenvalue weighted by Crippen LogP contribution is -2.20. The van der Waals surface area contributed by atoms with Crippen molar-refractivity contribution in [3.05, 3.63) is 84.2 Å². The summed E-state index contributed by atoms with van der Waals surface area (Å²) in [6, 6.07) is 19.7. The molecular weight excluding hydrogens is 342 g/mol. The van der Waals surface area contributed by atoms with Gasteiger partial charge >= 0.3 is 5.97 Å². The Balaban J connectivity index is 1.51. The molecule has 0 bridgehead atoms. The molecule has 1 amide bonds. The highest BCUT2D eigenvalue weighted by Gasteiger charge is 2.10. The Morgan fingerprint density at radius 1 is 1.00 bits per heavy atom. The SMILES string of the molecule is N#CCc1ccc(NC(=O)COC(=O)c2ccc(-n3cccc3)cc2)cc1. The summed E-state index contributed by atoms with van der Waals surface area (Å²) >= 11 is 0. The summed E-state index contributed by atoms with van der Waals surface area (Å²) in [7, 11) is 0. The van der Waals surface area contributed by atoms with Crippen molar-refractivity contribution in [1.29, 1.82) is 5.26 Å². The van der Waals surface area contributed by atoms with Crippen molar-refractivity contribution in [2.24, 2.45) is 0 Å². The number of anilines is 1. The molecule has 0 unspecified atom stereocenters. The molecular formula is C21H17N3O3. The summed E-state index contributed by atoms with van der Waals surface area (Å²) < 4.78 is 6.98. The number of amides is 1. The van der Waals surface area contributed by atoms with Gasteiger partial charge in [0.1, 0.15) is 0 Å². The second kappa shape index (κ2) is 8.50. The van der Waals surface area contributed by atoms with Crippen LogP contribution in [-0.4, -0.2) is 23.1 Å². The second-order valence-corrected chi connectivity index (χ2v) is 5.79. The predicted octanol–water partition coefficient (Wildman–Crippen LogP) is 3.34. The standard InChI is InChI=1S/C21H17N3O3/c22-12-11-16-3-7-18(8-4-16)23-20(25)15-27-21(26)17-5-9-19(10-6-17)24-13-1-2-14-24/h1-10,13-14H,11,15H2,(H,23,25). The van der Waals surface area contributed by atoms with Crippen LogP contribution in [0.4, 0.5) is 5.69 Å². The van der Waals surface area contributed by atoms with E-state index in [0.717, 1.165) is 11.3 Å². The van der Waals surface area contributed by atoms with E-state index in [2.05, 4.69) is 11.4 Å². The first-order chi connectivity index (χ1) is 13.2. The first-order valence-electron chi connectivity index (χ1n) is 8.32. The third kappa shape index (κ3) is 4.83. The maximum Gasteiger partial charge on any atom is 0.338 e. The van der Waals surface area contributed by atoms with Gasteiger partial charge in [-0.05, 0) is 54.1 Å². The van der Waals surface area contributed by atoms with Gasteiger partial charge in [0.2, 0.25) is 0 Å². The highest BCUT2D eigenvalue weighted by atomic mass is 16.5. The van der Waals surface area contributed by atoms with Crippen LogP contribution in [0.1, 0.15) is 15.9 Å². The lowest BCUT2D eigenvalue weighted by Gasteiger charge is -2.08.